The van der Waals surface area contributed by atoms with Crippen molar-refractivity contribution in [1.29, 1.82) is 0 Å². The Balaban J connectivity index is 1.30. The fraction of sp³-hybridized carbons (Fsp3) is 0.0556. The van der Waals surface area contributed by atoms with Gasteiger partial charge < -0.3 is 0 Å². The van der Waals surface area contributed by atoms with Gasteiger partial charge in [0.05, 0.1) is 0 Å². The van der Waals surface area contributed by atoms with Crippen LogP contribution in [0.2, 0.25) is 0 Å². The molecule has 0 amide bonds. The van der Waals surface area contributed by atoms with Crippen LogP contribution in [0, 0.1) is 0 Å². The van der Waals surface area contributed by atoms with E-state index in [0.717, 1.165) is 12.8 Å². The van der Waals surface area contributed by atoms with Crippen molar-refractivity contribution in [2.75, 3.05) is 0 Å². The Morgan fingerprint density at radius 1 is 0.333 bits per heavy atom. The molecule has 0 radical (unpaired) electrons. The molecule has 36 heavy (non-hydrogen) atoms. The Labute approximate surface area is 212 Å². The number of hydrogen-bond donors (Lipinski definition) is 0. The average Bonchev–Trinajstić information content (AvgIpc) is 3.58. The molecule has 5 aromatic rings. The van der Waals surface area contributed by atoms with E-state index in [0.29, 0.717) is 0 Å². The van der Waals surface area contributed by atoms with Gasteiger partial charge in [-0.25, -0.2) is 0 Å². The predicted octanol–water partition coefficient (Wildman–Crippen LogP) is 9.21. The molecule has 0 aliphatic heterocycles. The van der Waals surface area contributed by atoms with Crippen LogP contribution < -0.4 is 0 Å². The second-order valence-corrected chi connectivity index (χ2v) is 9.73. The Kier molecular flexibility index (Phi) is 5.03. The molecule has 0 heterocycles. The summed E-state index contributed by atoms with van der Waals surface area (Å²) in [5.74, 6) is 0. The van der Waals surface area contributed by atoms with Crippen molar-refractivity contribution < 1.29 is 0 Å². The van der Waals surface area contributed by atoms with Gasteiger partial charge in [0, 0.05) is 0 Å². The van der Waals surface area contributed by atoms with E-state index in [1.807, 2.05) is 0 Å². The lowest BCUT2D eigenvalue weighted by Gasteiger charge is -2.11. The maximum Gasteiger partial charge on any atom is -0.00132 e. The van der Waals surface area contributed by atoms with E-state index in [2.05, 4.69) is 133 Å². The minimum Gasteiger partial charge on any atom is -0.0622 e. The minimum atomic E-state index is 0.975. The Morgan fingerprint density at radius 2 is 0.722 bits per heavy atom. The van der Waals surface area contributed by atoms with Crippen LogP contribution in [0.25, 0.3) is 45.6 Å². The molecular formula is C36H26. The van der Waals surface area contributed by atoms with Crippen LogP contribution in [0.5, 0.6) is 0 Å². The van der Waals surface area contributed by atoms with Gasteiger partial charge in [0.1, 0.15) is 0 Å². The fourth-order valence-corrected chi connectivity index (χ4v) is 5.86. The lowest BCUT2D eigenvalue weighted by Crippen LogP contribution is -1.94. The molecule has 2 aliphatic carbocycles. The van der Waals surface area contributed by atoms with E-state index in [4.69, 9.17) is 0 Å². The predicted molar refractivity (Wildman–Crippen MR) is 153 cm³/mol. The number of benzene rings is 5. The molecule has 0 heteroatoms. The van der Waals surface area contributed by atoms with E-state index in [-0.39, 0.29) is 0 Å². The van der Waals surface area contributed by atoms with Crippen molar-refractivity contribution in [2.24, 2.45) is 0 Å². The van der Waals surface area contributed by atoms with E-state index >= 15 is 0 Å². The van der Waals surface area contributed by atoms with Crippen LogP contribution in [0.15, 0.2) is 121 Å². The van der Waals surface area contributed by atoms with Gasteiger partial charge in [0.25, 0.3) is 0 Å². The van der Waals surface area contributed by atoms with E-state index in [1.165, 1.54) is 66.8 Å². The second kappa shape index (κ2) is 8.66. The highest BCUT2D eigenvalue weighted by Gasteiger charge is 2.23. The molecule has 0 N–H and O–H groups in total. The molecular weight excluding hydrogens is 432 g/mol. The van der Waals surface area contributed by atoms with Gasteiger partial charge in [0.2, 0.25) is 0 Å². The first-order chi connectivity index (χ1) is 17.8. The monoisotopic (exact) mass is 458 g/mol. The SMILES string of the molecule is C1=C(c2ccccc2C2=Cc3c(cccc3-c3ccccc3)C2)Cc2cccc(-c3ccccc3)c21. The maximum absolute atomic E-state index is 2.43. The fourth-order valence-electron chi connectivity index (χ4n) is 5.86. The zero-order valence-corrected chi connectivity index (χ0v) is 20.1. The molecule has 0 saturated heterocycles. The molecule has 0 unspecified atom stereocenters. The van der Waals surface area contributed by atoms with Gasteiger partial charge in [-0.05, 0) is 91.8 Å². The van der Waals surface area contributed by atoms with Crippen molar-refractivity contribution in [2.45, 2.75) is 12.8 Å². The van der Waals surface area contributed by atoms with Gasteiger partial charge >= 0.3 is 0 Å². The summed E-state index contributed by atoms with van der Waals surface area (Å²) in [6.45, 7) is 0. The third kappa shape index (κ3) is 3.54. The van der Waals surface area contributed by atoms with E-state index < -0.39 is 0 Å². The number of allylic oxidation sites excluding steroid dienone is 2. The quantitative estimate of drug-likeness (QED) is 0.252. The molecule has 0 spiro atoms. The lowest BCUT2D eigenvalue weighted by atomic mass is 9.92. The number of fused-ring (bicyclic) bond motifs is 2. The summed E-state index contributed by atoms with van der Waals surface area (Å²) in [5.41, 5.74) is 16.3. The summed E-state index contributed by atoms with van der Waals surface area (Å²) >= 11 is 0. The van der Waals surface area contributed by atoms with Gasteiger partial charge in [-0.2, -0.15) is 0 Å². The highest BCUT2D eigenvalue weighted by Crippen LogP contribution is 2.43. The molecule has 170 valence electrons. The molecule has 5 aromatic carbocycles. The molecule has 0 fully saturated rings. The van der Waals surface area contributed by atoms with Gasteiger partial charge in [0.15, 0.2) is 0 Å². The Hall–Kier alpha value is -4.42. The third-order valence-corrected chi connectivity index (χ3v) is 7.58. The topological polar surface area (TPSA) is 0 Å². The zero-order valence-electron chi connectivity index (χ0n) is 20.1. The lowest BCUT2D eigenvalue weighted by molar-refractivity contribution is 1.29. The van der Waals surface area contributed by atoms with Gasteiger partial charge in [-0.15, -0.1) is 0 Å². The zero-order chi connectivity index (χ0) is 23.9. The molecule has 0 atom stereocenters. The van der Waals surface area contributed by atoms with Crippen molar-refractivity contribution >= 4 is 23.3 Å². The maximum atomic E-state index is 2.43. The van der Waals surface area contributed by atoms with Crippen molar-refractivity contribution in [3.8, 4) is 22.3 Å². The van der Waals surface area contributed by atoms with Crippen LogP contribution in [0.1, 0.15) is 33.4 Å². The Morgan fingerprint density at radius 3 is 1.17 bits per heavy atom. The summed E-state index contributed by atoms with van der Waals surface area (Å²) in [7, 11) is 0. The first-order valence-electron chi connectivity index (χ1n) is 12.7. The van der Waals surface area contributed by atoms with E-state index in [9.17, 15) is 0 Å². The minimum absolute atomic E-state index is 0.975. The van der Waals surface area contributed by atoms with Crippen LogP contribution in [-0.2, 0) is 12.8 Å². The van der Waals surface area contributed by atoms with Crippen LogP contribution in [0.4, 0.5) is 0 Å². The van der Waals surface area contributed by atoms with Gasteiger partial charge in [-0.3, -0.25) is 0 Å². The third-order valence-electron chi connectivity index (χ3n) is 7.58. The normalized spacial score (nSPS) is 13.7. The van der Waals surface area contributed by atoms with Crippen molar-refractivity contribution in [3.63, 3.8) is 0 Å². The van der Waals surface area contributed by atoms with Crippen molar-refractivity contribution in [1.82, 2.24) is 0 Å². The summed E-state index contributed by atoms with van der Waals surface area (Å²) in [4.78, 5) is 0. The number of hydrogen-bond acceptors (Lipinski definition) is 0. The van der Waals surface area contributed by atoms with Crippen LogP contribution >= 0.6 is 0 Å². The first-order valence-corrected chi connectivity index (χ1v) is 12.7. The van der Waals surface area contributed by atoms with Gasteiger partial charge in [-0.1, -0.05) is 121 Å². The summed E-state index contributed by atoms with van der Waals surface area (Å²) in [6, 6.07) is 43.9. The average molecular weight is 459 g/mol. The molecule has 0 aromatic heterocycles. The molecule has 7 rings (SSSR count). The molecule has 2 aliphatic rings. The Bertz CT molecular complexity index is 1520. The van der Waals surface area contributed by atoms with Crippen LogP contribution in [0.3, 0.4) is 0 Å². The van der Waals surface area contributed by atoms with Crippen molar-refractivity contribution in [3.05, 3.63) is 155 Å². The largest absolute Gasteiger partial charge is 0.0622 e. The summed E-state index contributed by atoms with van der Waals surface area (Å²) in [6.07, 6.45) is 6.80. The molecule has 0 nitrogen and oxygen atoms in total. The summed E-state index contributed by atoms with van der Waals surface area (Å²) < 4.78 is 0. The second-order valence-electron chi connectivity index (χ2n) is 9.73. The van der Waals surface area contributed by atoms with Crippen LogP contribution in [-0.4, -0.2) is 0 Å². The summed E-state index contributed by atoms with van der Waals surface area (Å²) in [5, 5.41) is 0. The smallest absolute Gasteiger partial charge is 0.00132 e. The van der Waals surface area contributed by atoms with E-state index in [1.54, 1.807) is 0 Å². The molecule has 0 bridgehead atoms. The first kappa shape index (κ1) is 20.9. The molecule has 0 saturated carbocycles. The standard InChI is InChI=1S/C36H26/c1-3-11-25(12-4-1)31-19-9-15-27-21-29(23-35(27)31)33-17-7-8-18-34(33)30-22-28-16-10-20-32(36(28)24-30)26-13-5-2-6-14-26/h1-20,23-24H,21-22H2. The number of rotatable bonds is 4. The highest BCUT2D eigenvalue weighted by molar-refractivity contribution is 6.00. The highest BCUT2D eigenvalue weighted by atomic mass is 14.3.